The Bertz CT molecular complexity index is 1320. The van der Waals surface area contributed by atoms with E-state index in [9.17, 15) is 14.4 Å². The number of hydrogen-bond acceptors (Lipinski definition) is 4. The van der Waals surface area contributed by atoms with Crippen molar-refractivity contribution in [1.82, 2.24) is 9.97 Å². The van der Waals surface area contributed by atoms with Crippen molar-refractivity contribution in [3.63, 3.8) is 0 Å². The fraction of sp³-hybridized carbons (Fsp3) is 0.185. The number of para-hydroxylation sites is 1. The summed E-state index contributed by atoms with van der Waals surface area (Å²) in [6, 6.07) is 11.8. The molecule has 2 aromatic heterocycles. The number of benzene rings is 1. The van der Waals surface area contributed by atoms with Crippen LogP contribution in [-0.4, -0.2) is 27.4 Å². The molecule has 1 aromatic carbocycles. The number of nitrogens with zero attached hydrogens (tertiary/aromatic N) is 1. The van der Waals surface area contributed by atoms with Crippen molar-refractivity contribution in [3.05, 3.63) is 82.6 Å². The van der Waals surface area contributed by atoms with E-state index < -0.39 is 5.91 Å². The first-order chi connectivity index (χ1) is 15.7. The molecule has 0 radical (unpaired) electrons. The van der Waals surface area contributed by atoms with Gasteiger partial charge < -0.3 is 15.5 Å². The van der Waals surface area contributed by atoms with Gasteiger partial charge in [-0.15, -0.1) is 0 Å². The molecule has 6 heteroatoms. The molecule has 170 valence electrons. The molecule has 4 rings (SSSR count). The molecule has 0 saturated heterocycles. The number of fused-ring (bicyclic) bond motifs is 2. The molecule has 3 aromatic rings. The minimum atomic E-state index is -0.706. The van der Waals surface area contributed by atoms with E-state index in [4.69, 9.17) is 5.73 Å². The predicted molar refractivity (Wildman–Crippen MR) is 133 cm³/mol. The number of nitrogens with one attached hydrogen (secondary N) is 1. The highest BCUT2D eigenvalue weighted by Crippen LogP contribution is 2.20. The average molecular weight is 444 g/mol. The zero-order chi connectivity index (χ0) is 24.4. The summed E-state index contributed by atoms with van der Waals surface area (Å²) < 4.78 is 0. The number of hydrogen-bond donors (Lipinski definition) is 2. The van der Waals surface area contributed by atoms with Crippen molar-refractivity contribution < 1.29 is 14.4 Å². The lowest BCUT2D eigenvalue weighted by atomic mass is 10.1. The van der Waals surface area contributed by atoms with E-state index in [1.54, 1.807) is 6.20 Å². The molecular weight excluding hydrogens is 414 g/mol. The second kappa shape index (κ2) is 12.1. The molecule has 0 spiro atoms. The lowest BCUT2D eigenvalue weighted by Crippen LogP contribution is -2.28. The molecule has 1 amide bonds. The van der Waals surface area contributed by atoms with Gasteiger partial charge in [-0.25, -0.2) is 0 Å². The molecule has 6 nitrogen and oxygen atoms in total. The topological polar surface area (TPSA) is 106 Å². The fourth-order valence-electron chi connectivity index (χ4n) is 3.14. The number of ketones is 2. The van der Waals surface area contributed by atoms with Gasteiger partial charge in [-0.3, -0.25) is 14.6 Å². The van der Waals surface area contributed by atoms with Crippen molar-refractivity contribution in [1.29, 1.82) is 0 Å². The molecule has 0 aliphatic heterocycles. The lowest BCUT2D eigenvalue weighted by Gasteiger charge is -1.97. The van der Waals surface area contributed by atoms with Crippen molar-refractivity contribution in [2.45, 2.75) is 34.1 Å². The average Bonchev–Trinajstić information content (AvgIpc) is 3.08. The summed E-state index contributed by atoms with van der Waals surface area (Å²) in [5.74, 6) is -0.870. The maximum Gasteiger partial charge on any atom is 0.252 e. The van der Waals surface area contributed by atoms with Gasteiger partial charge in [0.05, 0.1) is 10.9 Å². The monoisotopic (exact) mass is 443 g/mol. The van der Waals surface area contributed by atoms with Crippen LogP contribution in [0.15, 0.2) is 66.5 Å². The second-order valence-corrected chi connectivity index (χ2v) is 7.69. The van der Waals surface area contributed by atoms with Crippen LogP contribution in [0.1, 0.15) is 39.7 Å². The third-order valence-electron chi connectivity index (χ3n) is 4.68. The molecule has 1 aliphatic carbocycles. The first-order valence-electron chi connectivity index (χ1n) is 10.5. The Morgan fingerprint density at radius 3 is 2.42 bits per heavy atom. The molecule has 0 atom stereocenters. The molecule has 33 heavy (non-hydrogen) atoms. The highest BCUT2D eigenvalue weighted by atomic mass is 16.2. The number of allylic oxidation sites excluding steroid dienone is 2. The lowest BCUT2D eigenvalue weighted by molar-refractivity contribution is -0.120. The van der Waals surface area contributed by atoms with Crippen LogP contribution in [0.2, 0.25) is 0 Å². The molecular formula is C27H29N3O3. The number of H-pyrrole nitrogens is 1. The fourth-order valence-corrected chi connectivity index (χ4v) is 3.14. The van der Waals surface area contributed by atoms with E-state index in [1.165, 1.54) is 37.6 Å². The van der Waals surface area contributed by atoms with Crippen LogP contribution < -0.4 is 16.3 Å². The number of carbonyl (C=O) groups is 3. The van der Waals surface area contributed by atoms with E-state index in [-0.39, 0.29) is 17.1 Å². The summed E-state index contributed by atoms with van der Waals surface area (Å²) in [6.07, 6.45) is 12.4. The Morgan fingerprint density at radius 2 is 1.76 bits per heavy atom. The standard InChI is InChI=1S/C13H12N2O2.C11H11N.C3H6O/c1-8(16)11(13(14)17)6-9-7-15-12-5-3-2-4-10(9)12;1-9-5-2-3-7-11-10(9)6-4-8-12-11;1-3(2)4/h2-7,15H,1H3,(H2,14,17);2-4,6-8H,5H2,1H3;1-2H3/b11-6+;;. The highest BCUT2D eigenvalue weighted by molar-refractivity contribution is 6.21. The first kappa shape index (κ1) is 25.2. The molecule has 0 fully saturated rings. The van der Waals surface area contributed by atoms with Crippen molar-refractivity contribution in [3.8, 4) is 0 Å². The minimum Gasteiger partial charge on any atom is -0.365 e. The third-order valence-corrected chi connectivity index (χ3v) is 4.68. The number of pyridine rings is 1. The number of primary amides is 1. The quantitative estimate of drug-likeness (QED) is 0.368. The van der Waals surface area contributed by atoms with E-state index in [0.717, 1.165) is 28.2 Å². The highest BCUT2D eigenvalue weighted by Gasteiger charge is 2.11. The first-order valence-corrected chi connectivity index (χ1v) is 10.5. The number of rotatable bonds is 3. The van der Waals surface area contributed by atoms with Gasteiger partial charge in [-0.1, -0.05) is 42.0 Å². The molecule has 1 aliphatic rings. The van der Waals surface area contributed by atoms with Crippen LogP contribution in [0.3, 0.4) is 0 Å². The summed E-state index contributed by atoms with van der Waals surface area (Å²) >= 11 is 0. The number of Topliss-reactive ketones (excluding diaryl/α,β-unsaturated/α-hetero) is 2. The summed E-state index contributed by atoms with van der Waals surface area (Å²) in [6.45, 7) is 6.54. The second-order valence-electron chi connectivity index (χ2n) is 7.69. The van der Waals surface area contributed by atoms with Gasteiger partial charge in [-0.05, 0) is 63.6 Å². The number of nitrogens with two attached hydrogens (primary N) is 1. The zero-order valence-corrected chi connectivity index (χ0v) is 19.4. The van der Waals surface area contributed by atoms with Gasteiger partial charge in [0.2, 0.25) is 0 Å². The Balaban J connectivity index is 0.000000209. The van der Waals surface area contributed by atoms with Crippen LogP contribution in [0.4, 0.5) is 0 Å². The van der Waals surface area contributed by atoms with Crippen molar-refractivity contribution >= 4 is 46.1 Å². The smallest absolute Gasteiger partial charge is 0.252 e. The molecule has 0 unspecified atom stereocenters. The summed E-state index contributed by atoms with van der Waals surface area (Å²) in [7, 11) is 0. The molecule has 2 heterocycles. The summed E-state index contributed by atoms with van der Waals surface area (Å²) in [4.78, 5) is 39.2. The summed E-state index contributed by atoms with van der Waals surface area (Å²) in [5.41, 5.74) is 8.29. The molecule has 3 N–H and O–H groups in total. The Hall–Kier alpha value is -4.06. The van der Waals surface area contributed by atoms with E-state index >= 15 is 0 Å². The van der Waals surface area contributed by atoms with Crippen molar-refractivity contribution in [2.75, 3.05) is 0 Å². The Kier molecular flexibility index (Phi) is 9.24. The van der Waals surface area contributed by atoms with Gasteiger partial charge in [0.15, 0.2) is 5.78 Å². The van der Waals surface area contributed by atoms with Crippen LogP contribution in [-0.2, 0) is 14.4 Å². The maximum absolute atomic E-state index is 11.3. The molecule has 0 bridgehead atoms. The van der Waals surface area contributed by atoms with Gasteiger partial charge in [0.25, 0.3) is 5.91 Å². The Morgan fingerprint density at radius 1 is 1.06 bits per heavy atom. The van der Waals surface area contributed by atoms with Crippen LogP contribution >= 0.6 is 0 Å². The third kappa shape index (κ3) is 7.54. The molecule has 0 saturated carbocycles. The van der Waals surface area contributed by atoms with Crippen LogP contribution in [0.5, 0.6) is 0 Å². The van der Waals surface area contributed by atoms with Crippen LogP contribution in [0, 0.1) is 0 Å². The normalized spacial score (nSPS) is 12.2. The SMILES string of the molecule is CC(=O)/C(=C\c1c[nH]c2ccccc12)C(N)=O.CC(C)=O.CC1=c2cccnc2=CC=CC1. The largest absolute Gasteiger partial charge is 0.365 e. The predicted octanol–water partition coefficient (Wildman–Crippen LogP) is 3.21. The Labute approximate surface area is 193 Å². The van der Waals surface area contributed by atoms with Crippen LogP contribution in [0.25, 0.3) is 28.6 Å². The number of amides is 1. The van der Waals surface area contributed by atoms with Gasteiger partial charge in [0.1, 0.15) is 5.78 Å². The maximum atomic E-state index is 11.3. The number of aromatic nitrogens is 2. The summed E-state index contributed by atoms with van der Waals surface area (Å²) in [5, 5.41) is 3.32. The number of aromatic amines is 1. The van der Waals surface area contributed by atoms with Gasteiger partial charge >= 0.3 is 0 Å². The van der Waals surface area contributed by atoms with Crippen molar-refractivity contribution in [2.24, 2.45) is 5.73 Å². The minimum absolute atomic E-state index is 0.00903. The van der Waals surface area contributed by atoms with Gasteiger partial charge in [-0.2, -0.15) is 0 Å². The van der Waals surface area contributed by atoms with E-state index in [2.05, 4.69) is 41.2 Å². The van der Waals surface area contributed by atoms with E-state index in [1.807, 2.05) is 36.5 Å². The number of carbonyl (C=O) groups excluding carboxylic acids is 3. The van der Waals surface area contributed by atoms with E-state index in [0.29, 0.717) is 0 Å². The zero-order valence-electron chi connectivity index (χ0n) is 19.4. The van der Waals surface area contributed by atoms with Gasteiger partial charge in [0, 0.05) is 28.9 Å².